The van der Waals surface area contributed by atoms with Gasteiger partial charge in [-0.05, 0) is 43.4 Å². The number of likely N-dealkylation sites (N-methyl/N-ethyl adjacent to an activating group) is 1. The van der Waals surface area contributed by atoms with E-state index in [-0.39, 0.29) is 24.8 Å². The maximum absolute atomic E-state index is 6.19. The summed E-state index contributed by atoms with van der Waals surface area (Å²) in [5.74, 6) is 1.64. The maximum Gasteiger partial charge on any atom is 0.135 e. The summed E-state index contributed by atoms with van der Waals surface area (Å²) in [6.07, 6.45) is 0. The summed E-state index contributed by atoms with van der Waals surface area (Å²) in [4.78, 5) is 2.38. The van der Waals surface area contributed by atoms with Crippen LogP contribution < -0.4 is 5.32 Å². The van der Waals surface area contributed by atoms with Crippen LogP contribution in [0.1, 0.15) is 19.6 Å². The van der Waals surface area contributed by atoms with Crippen LogP contribution in [0.4, 0.5) is 0 Å². The molecule has 0 fully saturated rings. The Labute approximate surface area is 166 Å². The molecule has 0 saturated carbocycles. The zero-order chi connectivity index (χ0) is 15.9. The minimum Gasteiger partial charge on any atom is -0.460 e. The minimum atomic E-state index is 0. The standard InChI is InChI=1S/C17H22Cl2N2O.2ClH/c1-3-21(4-2)10-9-20-12-14-6-8-17(22-14)15-11-13(18)5-7-16(15)19;;/h5-8,11,20H,3-4,9-10,12H2,1-2H3;2*1H. The molecule has 3 nitrogen and oxygen atoms in total. The number of nitrogens with zero attached hydrogens (tertiary/aromatic N) is 1. The number of hydrogen-bond acceptors (Lipinski definition) is 3. The van der Waals surface area contributed by atoms with Gasteiger partial charge < -0.3 is 14.6 Å². The van der Waals surface area contributed by atoms with Gasteiger partial charge in [-0.25, -0.2) is 0 Å². The summed E-state index contributed by atoms with van der Waals surface area (Å²) < 4.78 is 5.85. The van der Waals surface area contributed by atoms with Gasteiger partial charge in [-0.15, -0.1) is 24.8 Å². The fourth-order valence-corrected chi connectivity index (χ4v) is 2.68. The van der Waals surface area contributed by atoms with Crippen molar-refractivity contribution in [1.82, 2.24) is 10.2 Å². The average Bonchev–Trinajstić information content (AvgIpc) is 2.98. The fraction of sp³-hybridized carbons (Fsp3) is 0.412. The van der Waals surface area contributed by atoms with Gasteiger partial charge >= 0.3 is 0 Å². The van der Waals surface area contributed by atoms with Gasteiger partial charge in [-0.2, -0.15) is 0 Å². The van der Waals surface area contributed by atoms with Crippen molar-refractivity contribution in [3.05, 3.63) is 46.1 Å². The molecule has 1 N–H and O–H groups in total. The first-order valence-corrected chi connectivity index (χ1v) is 8.36. The van der Waals surface area contributed by atoms with Crippen molar-refractivity contribution in [3.8, 4) is 11.3 Å². The van der Waals surface area contributed by atoms with E-state index in [1.54, 1.807) is 12.1 Å². The van der Waals surface area contributed by atoms with Gasteiger partial charge in [0.2, 0.25) is 0 Å². The molecule has 0 atom stereocenters. The van der Waals surface area contributed by atoms with Gasteiger partial charge in [-0.3, -0.25) is 0 Å². The molecule has 0 bridgehead atoms. The Hall–Kier alpha value is -0.420. The second-order valence-corrected chi connectivity index (χ2v) is 5.94. The molecule has 0 saturated heterocycles. The summed E-state index contributed by atoms with van der Waals surface area (Å²) >= 11 is 12.2. The third-order valence-corrected chi connectivity index (χ3v) is 4.22. The monoisotopic (exact) mass is 412 g/mol. The Morgan fingerprint density at radius 2 is 1.75 bits per heavy atom. The number of nitrogens with one attached hydrogen (secondary N) is 1. The first-order valence-electron chi connectivity index (χ1n) is 7.61. The molecule has 0 aliphatic heterocycles. The van der Waals surface area contributed by atoms with Gasteiger partial charge in [0.05, 0.1) is 11.6 Å². The predicted molar refractivity (Wildman–Crippen MR) is 108 cm³/mol. The van der Waals surface area contributed by atoms with Gasteiger partial charge in [0.1, 0.15) is 11.5 Å². The van der Waals surface area contributed by atoms with Crippen molar-refractivity contribution in [2.75, 3.05) is 26.2 Å². The van der Waals surface area contributed by atoms with Crippen molar-refractivity contribution < 1.29 is 4.42 Å². The highest BCUT2D eigenvalue weighted by Gasteiger charge is 2.09. The zero-order valence-electron chi connectivity index (χ0n) is 13.9. The number of benzene rings is 1. The molecule has 0 amide bonds. The summed E-state index contributed by atoms with van der Waals surface area (Å²) in [7, 11) is 0. The highest BCUT2D eigenvalue weighted by atomic mass is 35.5. The Balaban J connectivity index is 0.00000264. The second kappa shape index (κ2) is 12.0. The van der Waals surface area contributed by atoms with Crippen molar-refractivity contribution in [2.24, 2.45) is 0 Å². The molecule has 0 unspecified atom stereocenters. The largest absolute Gasteiger partial charge is 0.460 e. The molecule has 7 heteroatoms. The van der Waals surface area contributed by atoms with Crippen molar-refractivity contribution in [1.29, 1.82) is 0 Å². The third kappa shape index (κ3) is 6.83. The van der Waals surface area contributed by atoms with Crippen LogP contribution in [0.2, 0.25) is 10.0 Å². The maximum atomic E-state index is 6.19. The molecule has 0 aliphatic carbocycles. The highest BCUT2D eigenvalue weighted by Crippen LogP contribution is 2.31. The summed E-state index contributed by atoms with van der Waals surface area (Å²) in [6, 6.07) is 9.27. The lowest BCUT2D eigenvalue weighted by molar-refractivity contribution is 0.300. The molecule has 24 heavy (non-hydrogen) atoms. The number of furan rings is 1. The molecule has 0 spiro atoms. The normalized spacial score (nSPS) is 10.4. The molecule has 2 rings (SSSR count). The molecular weight excluding hydrogens is 390 g/mol. The number of rotatable bonds is 8. The van der Waals surface area contributed by atoms with E-state index in [0.717, 1.165) is 43.3 Å². The van der Waals surface area contributed by atoms with E-state index >= 15 is 0 Å². The Bertz CT molecular complexity index is 600. The average molecular weight is 414 g/mol. The van der Waals surface area contributed by atoms with Gasteiger partial charge in [0.15, 0.2) is 0 Å². The smallest absolute Gasteiger partial charge is 0.135 e. The van der Waals surface area contributed by atoms with Crippen LogP contribution in [0.5, 0.6) is 0 Å². The number of hydrogen-bond donors (Lipinski definition) is 1. The van der Waals surface area contributed by atoms with E-state index in [1.165, 1.54) is 0 Å². The van der Waals surface area contributed by atoms with Crippen molar-refractivity contribution in [2.45, 2.75) is 20.4 Å². The zero-order valence-corrected chi connectivity index (χ0v) is 17.0. The van der Waals surface area contributed by atoms with E-state index < -0.39 is 0 Å². The van der Waals surface area contributed by atoms with Gasteiger partial charge in [0, 0.05) is 23.7 Å². The Morgan fingerprint density at radius 3 is 2.42 bits per heavy atom. The molecule has 0 radical (unpaired) electrons. The van der Waals surface area contributed by atoms with Gasteiger partial charge in [0.25, 0.3) is 0 Å². The van der Waals surface area contributed by atoms with E-state index in [1.807, 2.05) is 18.2 Å². The highest BCUT2D eigenvalue weighted by molar-refractivity contribution is 6.35. The van der Waals surface area contributed by atoms with Crippen LogP contribution in [-0.2, 0) is 6.54 Å². The quantitative estimate of drug-likeness (QED) is 0.576. The fourth-order valence-electron chi connectivity index (χ4n) is 2.29. The Morgan fingerprint density at radius 1 is 1.04 bits per heavy atom. The first kappa shape index (κ1) is 23.6. The molecule has 0 aliphatic rings. The lowest BCUT2D eigenvalue weighted by Crippen LogP contribution is -2.31. The third-order valence-electron chi connectivity index (χ3n) is 3.65. The van der Waals surface area contributed by atoms with Crippen molar-refractivity contribution in [3.63, 3.8) is 0 Å². The predicted octanol–water partition coefficient (Wildman–Crippen LogP) is 5.53. The lowest BCUT2D eigenvalue weighted by Gasteiger charge is -2.17. The molecule has 2 aromatic rings. The summed E-state index contributed by atoms with van der Waals surface area (Å²) in [6.45, 7) is 9.20. The first-order chi connectivity index (χ1) is 10.6. The van der Waals surface area contributed by atoms with E-state index in [4.69, 9.17) is 27.6 Å². The SMILES string of the molecule is CCN(CC)CCNCc1ccc(-c2cc(Cl)ccc2Cl)o1.Cl.Cl. The Kier molecular flexibility index (Phi) is 11.8. The number of halogens is 4. The lowest BCUT2D eigenvalue weighted by atomic mass is 10.2. The minimum absolute atomic E-state index is 0. The van der Waals surface area contributed by atoms with Crippen LogP contribution >= 0.6 is 48.0 Å². The second-order valence-electron chi connectivity index (χ2n) is 5.09. The van der Waals surface area contributed by atoms with Crippen LogP contribution in [0, 0.1) is 0 Å². The van der Waals surface area contributed by atoms with Crippen LogP contribution in [-0.4, -0.2) is 31.1 Å². The van der Waals surface area contributed by atoms with Crippen LogP contribution in [0.3, 0.4) is 0 Å². The molecule has 1 heterocycles. The van der Waals surface area contributed by atoms with E-state index in [0.29, 0.717) is 16.6 Å². The summed E-state index contributed by atoms with van der Waals surface area (Å²) in [5.41, 5.74) is 0.823. The van der Waals surface area contributed by atoms with E-state index in [9.17, 15) is 0 Å². The van der Waals surface area contributed by atoms with Crippen LogP contribution in [0.15, 0.2) is 34.7 Å². The molecule has 136 valence electrons. The summed E-state index contributed by atoms with van der Waals surface area (Å²) in [5, 5.41) is 4.68. The van der Waals surface area contributed by atoms with Crippen molar-refractivity contribution >= 4 is 48.0 Å². The molecule has 1 aromatic carbocycles. The molecule has 1 aromatic heterocycles. The topological polar surface area (TPSA) is 28.4 Å². The van der Waals surface area contributed by atoms with Crippen LogP contribution in [0.25, 0.3) is 11.3 Å². The molecular formula is C17H24Cl4N2O. The van der Waals surface area contributed by atoms with E-state index in [2.05, 4.69) is 24.1 Å². The van der Waals surface area contributed by atoms with Gasteiger partial charge in [-0.1, -0.05) is 37.0 Å².